The Morgan fingerprint density at radius 3 is 2.87 bits per heavy atom. The molecular formula is C11H12ClFOS. The van der Waals surface area contributed by atoms with Crippen LogP contribution in [0.4, 0.5) is 4.39 Å². The fourth-order valence-corrected chi connectivity index (χ4v) is 3.21. The molecule has 0 saturated carbocycles. The Morgan fingerprint density at radius 2 is 2.20 bits per heavy atom. The van der Waals surface area contributed by atoms with Crippen molar-refractivity contribution in [2.45, 2.75) is 30.5 Å². The molecule has 1 nitrogen and oxygen atoms in total. The van der Waals surface area contributed by atoms with Gasteiger partial charge in [-0.25, -0.2) is 4.39 Å². The van der Waals surface area contributed by atoms with Crippen molar-refractivity contribution in [3.05, 3.63) is 34.1 Å². The third-order valence-corrected chi connectivity index (χ3v) is 4.47. The number of rotatable bonds is 0. The van der Waals surface area contributed by atoms with Gasteiger partial charge in [0, 0.05) is 15.5 Å². The number of benzene rings is 1. The molecule has 0 spiro atoms. The Balaban J connectivity index is 2.56. The molecule has 1 aromatic rings. The molecule has 1 unspecified atom stereocenters. The molecule has 15 heavy (non-hydrogen) atoms. The van der Waals surface area contributed by atoms with Crippen LogP contribution in [0.25, 0.3) is 0 Å². The van der Waals surface area contributed by atoms with E-state index < -0.39 is 6.10 Å². The molecule has 0 aliphatic carbocycles. The molecule has 1 aromatic carbocycles. The van der Waals surface area contributed by atoms with Gasteiger partial charge in [0.25, 0.3) is 0 Å². The molecule has 1 aliphatic rings. The lowest BCUT2D eigenvalue weighted by Gasteiger charge is -2.36. The summed E-state index contributed by atoms with van der Waals surface area (Å²) in [5, 5.41) is 10.5. The van der Waals surface area contributed by atoms with Crippen LogP contribution in [0.1, 0.15) is 31.1 Å². The molecule has 4 heteroatoms. The molecule has 0 radical (unpaired) electrons. The average molecular weight is 247 g/mol. The number of thioether (sulfide) groups is 1. The Kier molecular flexibility index (Phi) is 2.73. The molecule has 1 heterocycles. The molecule has 1 aliphatic heterocycles. The Labute approximate surface area is 97.6 Å². The second kappa shape index (κ2) is 3.65. The van der Waals surface area contributed by atoms with E-state index in [1.54, 1.807) is 11.8 Å². The van der Waals surface area contributed by atoms with Crippen LogP contribution in [-0.2, 0) is 5.75 Å². The fraction of sp³-hybridized carbons (Fsp3) is 0.455. The summed E-state index contributed by atoms with van der Waals surface area (Å²) in [4.78, 5) is 0. The van der Waals surface area contributed by atoms with Gasteiger partial charge in [-0.3, -0.25) is 0 Å². The zero-order valence-electron chi connectivity index (χ0n) is 8.55. The van der Waals surface area contributed by atoms with Crippen LogP contribution in [0.15, 0.2) is 12.1 Å². The van der Waals surface area contributed by atoms with E-state index in [4.69, 9.17) is 11.6 Å². The highest BCUT2D eigenvalue weighted by Gasteiger charge is 2.36. The Hall–Kier alpha value is -0.250. The van der Waals surface area contributed by atoms with E-state index in [9.17, 15) is 9.50 Å². The average Bonchev–Trinajstić information content (AvgIpc) is 2.12. The van der Waals surface area contributed by atoms with E-state index in [1.807, 2.05) is 13.8 Å². The topological polar surface area (TPSA) is 20.2 Å². The van der Waals surface area contributed by atoms with Gasteiger partial charge in [-0.1, -0.05) is 11.6 Å². The van der Waals surface area contributed by atoms with Crippen molar-refractivity contribution in [2.75, 3.05) is 0 Å². The fourth-order valence-electron chi connectivity index (χ4n) is 1.73. The summed E-state index contributed by atoms with van der Waals surface area (Å²) in [5.74, 6) is 0.332. The standard InChI is InChI=1S/C11H12ClFOS/c1-11(2)10(14)7-3-6(13)4-9(12)8(7)5-15-11/h3-4,10,14H,5H2,1-2H3. The highest BCUT2D eigenvalue weighted by molar-refractivity contribution is 7.99. The lowest BCUT2D eigenvalue weighted by molar-refractivity contribution is 0.141. The van der Waals surface area contributed by atoms with E-state index in [0.29, 0.717) is 10.6 Å². The summed E-state index contributed by atoms with van der Waals surface area (Å²) in [6.07, 6.45) is -0.667. The largest absolute Gasteiger partial charge is 0.387 e. The van der Waals surface area contributed by atoms with Gasteiger partial charge in [-0.05, 0) is 37.1 Å². The maximum absolute atomic E-state index is 13.2. The highest BCUT2D eigenvalue weighted by atomic mass is 35.5. The minimum atomic E-state index is -0.667. The molecule has 0 amide bonds. The van der Waals surface area contributed by atoms with Crippen molar-refractivity contribution in [1.82, 2.24) is 0 Å². The first-order valence-corrected chi connectivity index (χ1v) is 6.08. The van der Waals surface area contributed by atoms with Gasteiger partial charge in [0.2, 0.25) is 0 Å². The summed E-state index contributed by atoms with van der Waals surface area (Å²) < 4.78 is 12.9. The molecule has 0 bridgehead atoms. The summed E-state index contributed by atoms with van der Waals surface area (Å²) in [6, 6.07) is 2.68. The lowest BCUT2D eigenvalue weighted by Crippen LogP contribution is -2.30. The van der Waals surface area contributed by atoms with Gasteiger partial charge in [0.1, 0.15) is 5.82 Å². The molecule has 0 aromatic heterocycles. The van der Waals surface area contributed by atoms with E-state index in [0.717, 1.165) is 11.3 Å². The summed E-state index contributed by atoms with van der Waals surface area (Å²) in [5.41, 5.74) is 1.48. The van der Waals surface area contributed by atoms with E-state index >= 15 is 0 Å². The van der Waals surface area contributed by atoms with Crippen molar-refractivity contribution in [3.63, 3.8) is 0 Å². The van der Waals surface area contributed by atoms with E-state index in [1.165, 1.54) is 12.1 Å². The van der Waals surface area contributed by atoms with Crippen molar-refractivity contribution >= 4 is 23.4 Å². The first-order valence-electron chi connectivity index (χ1n) is 4.71. The molecule has 1 N–H and O–H groups in total. The third kappa shape index (κ3) is 1.88. The van der Waals surface area contributed by atoms with E-state index in [-0.39, 0.29) is 10.6 Å². The van der Waals surface area contributed by atoms with Crippen LogP contribution in [0.3, 0.4) is 0 Å². The molecule has 2 rings (SSSR count). The van der Waals surface area contributed by atoms with Crippen LogP contribution in [0, 0.1) is 5.82 Å². The second-order valence-corrected chi connectivity index (χ2v) is 6.29. The Morgan fingerprint density at radius 1 is 1.53 bits per heavy atom. The minimum absolute atomic E-state index is 0.288. The van der Waals surface area contributed by atoms with Gasteiger partial charge in [-0.2, -0.15) is 0 Å². The maximum Gasteiger partial charge on any atom is 0.125 e. The maximum atomic E-state index is 13.2. The lowest BCUT2D eigenvalue weighted by atomic mass is 9.93. The van der Waals surface area contributed by atoms with Gasteiger partial charge in [0.15, 0.2) is 0 Å². The zero-order chi connectivity index (χ0) is 11.2. The molecule has 82 valence electrons. The summed E-state index contributed by atoms with van der Waals surface area (Å²) in [7, 11) is 0. The smallest absolute Gasteiger partial charge is 0.125 e. The zero-order valence-corrected chi connectivity index (χ0v) is 10.1. The third-order valence-electron chi connectivity index (χ3n) is 2.74. The Bertz CT molecular complexity index is 406. The van der Waals surface area contributed by atoms with Gasteiger partial charge < -0.3 is 5.11 Å². The van der Waals surface area contributed by atoms with Crippen LogP contribution in [-0.4, -0.2) is 9.85 Å². The number of hydrogen-bond acceptors (Lipinski definition) is 2. The molecular weight excluding hydrogens is 235 g/mol. The molecule has 0 saturated heterocycles. The van der Waals surface area contributed by atoms with Crippen LogP contribution in [0.2, 0.25) is 5.02 Å². The second-order valence-electron chi connectivity index (χ2n) is 4.25. The minimum Gasteiger partial charge on any atom is -0.387 e. The first-order chi connectivity index (χ1) is 6.92. The SMILES string of the molecule is CC1(C)SCc2c(Cl)cc(F)cc2C1O. The summed E-state index contributed by atoms with van der Waals surface area (Å²) >= 11 is 7.58. The predicted octanol–water partition coefficient (Wildman–Crippen LogP) is 3.54. The molecule has 1 atom stereocenters. The van der Waals surface area contributed by atoms with Gasteiger partial charge in [0.05, 0.1) is 6.10 Å². The van der Waals surface area contributed by atoms with E-state index in [2.05, 4.69) is 0 Å². The predicted molar refractivity (Wildman–Crippen MR) is 61.7 cm³/mol. The van der Waals surface area contributed by atoms with Crippen molar-refractivity contribution < 1.29 is 9.50 Å². The highest BCUT2D eigenvalue weighted by Crippen LogP contribution is 2.47. The number of aliphatic hydroxyl groups excluding tert-OH is 1. The first kappa shape index (κ1) is 11.2. The van der Waals surface area contributed by atoms with Crippen LogP contribution in [0.5, 0.6) is 0 Å². The monoisotopic (exact) mass is 246 g/mol. The van der Waals surface area contributed by atoms with Gasteiger partial charge >= 0.3 is 0 Å². The normalized spacial score (nSPS) is 23.7. The number of aliphatic hydroxyl groups is 1. The quantitative estimate of drug-likeness (QED) is 0.756. The van der Waals surface area contributed by atoms with Crippen LogP contribution >= 0.6 is 23.4 Å². The number of halogens is 2. The summed E-state index contributed by atoms with van der Waals surface area (Å²) in [6.45, 7) is 3.90. The van der Waals surface area contributed by atoms with Crippen molar-refractivity contribution in [3.8, 4) is 0 Å². The van der Waals surface area contributed by atoms with Crippen molar-refractivity contribution in [2.24, 2.45) is 0 Å². The van der Waals surface area contributed by atoms with Crippen LogP contribution < -0.4 is 0 Å². The number of fused-ring (bicyclic) bond motifs is 1. The van der Waals surface area contributed by atoms with Crippen molar-refractivity contribution in [1.29, 1.82) is 0 Å². The molecule has 0 fully saturated rings. The number of hydrogen-bond donors (Lipinski definition) is 1. The van der Waals surface area contributed by atoms with Gasteiger partial charge in [-0.15, -0.1) is 11.8 Å².